The van der Waals surface area contributed by atoms with Gasteiger partial charge in [-0.1, -0.05) is 12.6 Å². The minimum Gasteiger partial charge on any atom is -0.496 e. The number of ketones is 1. The summed E-state index contributed by atoms with van der Waals surface area (Å²) in [6.45, 7) is 3.43. The molecule has 0 saturated carbocycles. The molecule has 1 aromatic heterocycles. The Bertz CT molecular complexity index is 1260. The lowest BCUT2D eigenvalue weighted by Crippen LogP contribution is -2.20. The molecule has 3 aromatic rings. The van der Waals surface area contributed by atoms with E-state index in [1.807, 2.05) is 17.5 Å². The highest BCUT2D eigenvalue weighted by Gasteiger charge is 2.22. The zero-order valence-corrected chi connectivity index (χ0v) is 20.1. The fraction of sp³-hybridized carbons (Fsp3) is 0.208. The van der Waals surface area contributed by atoms with Gasteiger partial charge in [-0.05, 0) is 41.8 Å². The van der Waals surface area contributed by atoms with Gasteiger partial charge in [-0.2, -0.15) is 0 Å². The highest BCUT2D eigenvalue weighted by atomic mass is 32.2. The highest BCUT2D eigenvalue weighted by Crippen LogP contribution is 2.41. The third-order valence-corrected chi connectivity index (χ3v) is 6.96. The molecule has 0 spiro atoms. The largest absolute Gasteiger partial charge is 0.496 e. The van der Waals surface area contributed by atoms with Gasteiger partial charge in [0, 0.05) is 39.1 Å². The summed E-state index contributed by atoms with van der Waals surface area (Å²) in [4.78, 5) is 14.0. The third-order valence-electron chi connectivity index (χ3n) is 5.12. The number of sulfonamides is 1. The van der Waals surface area contributed by atoms with Gasteiger partial charge < -0.3 is 19.7 Å². The summed E-state index contributed by atoms with van der Waals surface area (Å²) in [5.41, 5.74) is 1.47. The van der Waals surface area contributed by atoms with Crippen LogP contribution in [0.4, 0.5) is 0 Å². The molecule has 10 heteroatoms. The number of benzene rings is 2. The smallest absolute Gasteiger partial charge is 0.238 e. The van der Waals surface area contributed by atoms with Crippen LogP contribution in [0.1, 0.15) is 15.9 Å². The number of carbonyl (C=O) groups is 1. The van der Waals surface area contributed by atoms with E-state index in [0.717, 1.165) is 10.4 Å². The van der Waals surface area contributed by atoms with E-state index in [2.05, 4.69) is 6.58 Å². The summed E-state index contributed by atoms with van der Waals surface area (Å²) in [6.07, 6.45) is 0. The second-order valence-electron chi connectivity index (χ2n) is 7.45. The lowest BCUT2D eigenvalue weighted by molar-refractivity contribution is 0.104. The Kier molecular flexibility index (Phi) is 8.24. The molecule has 180 valence electrons. The quantitative estimate of drug-likeness (QED) is 0.270. The van der Waals surface area contributed by atoms with Crippen LogP contribution in [0.25, 0.3) is 16.0 Å². The lowest BCUT2D eigenvalue weighted by Gasteiger charge is -2.19. The van der Waals surface area contributed by atoms with Gasteiger partial charge in [0.25, 0.3) is 0 Å². The van der Waals surface area contributed by atoms with Crippen LogP contribution in [0, 0.1) is 5.92 Å². The van der Waals surface area contributed by atoms with Crippen LogP contribution in [0.3, 0.4) is 0 Å². The number of ether oxygens (including phenoxy) is 2. The van der Waals surface area contributed by atoms with Crippen molar-refractivity contribution >= 4 is 32.7 Å². The molecule has 0 unspecified atom stereocenters. The fourth-order valence-electron chi connectivity index (χ4n) is 3.17. The summed E-state index contributed by atoms with van der Waals surface area (Å²) in [5.74, 6) is -0.133. The van der Waals surface area contributed by atoms with E-state index < -0.39 is 21.7 Å². The van der Waals surface area contributed by atoms with Gasteiger partial charge in [-0.25, -0.2) is 13.6 Å². The third kappa shape index (κ3) is 5.72. The zero-order valence-electron chi connectivity index (χ0n) is 18.4. The number of thiophene rings is 1. The van der Waals surface area contributed by atoms with E-state index in [1.54, 1.807) is 12.1 Å². The van der Waals surface area contributed by atoms with Crippen molar-refractivity contribution in [2.24, 2.45) is 11.1 Å². The molecule has 1 heterocycles. The number of allylic oxidation sites excluding steroid dienone is 1. The van der Waals surface area contributed by atoms with Crippen molar-refractivity contribution in [1.82, 2.24) is 0 Å². The number of hydrogen-bond donors (Lipinski definition) is 3. The first-order valence-corrected chi connectivity index (χ1v) is 12.6. The number of primary sulfonamides is 1. The molecule has 0 amide bonds. The van der Waals surface area contributed by atoms with E-state index in [-0.39, 0.29) is 35.9 Å². The summed E-state index contributed by atoms with van der Waals surface area (Å²) in [5, 5.41) is 25.8. The number of nitrogens with two attached hydrogens (primary N) is 1. The van der Waals surface area contributed by atoms with Gasteiger partial charge in [-0.15, -0.1) is 11.3 Å². The summed E-state index contributed by atoms with van der Waals surface area (Å²) < 4.78 is 34.4. The van der Waals surface area contributed by atoms with Crippen molar-refractivity contribution in [3.63, 3.8) is 0 Å². The average Bonchev–Trinajstić information content (AvgIpc) is 3.37. The molecule has 34 heavy (non-hydrogen) atoms. The van der Waals surface area contributed by atoms with Crippen molar-refractivity contribution in [2.75, 3.05) is 26.9 Å². The molecule has 0 fully saturated rings. The average molecular weight is 504 g/mol. The summed E-state index contributed by atoms with van der Waals surface area (Å²) in [6, 6.07) is 12.4. The fourth-order valence-corrected chi connectivity index (χ4v) is 4.44. The van der Waals surface area contributed by atoms with Gasteiger partial charge in [0.05, 0.1) is 31.8 Å². The first-order chi connectivity index (χ1) is 16.2. The van der Waals surface area contributed by atoms with Crippen molar-refractivity contribution in [2.45, 2.75) is 4.90 Å². The molecule has 0 atom stereocenters. The van der Waals surface area contributed by atoms with Gasteiger partial charge in [0.1, 0.15) is 11.5 Å². The second-order valence-corrected chi connectivity index (χ2v) is 9.95. The van der Waals surface area contributed by atoms with Crippen molar-refractivity contribution in [1.29, 1.82) is 0 Å². The lowest BCUT2D eigenvalue weighted by atomic mass is 9.95. The van der Waals surface area contributed by atoms with Crippen molar-refractivity contribution in [3.05, 3.63) is 71.6 Å². The van der Waals surface area contributed by atoms with E-state index in [0.29, 0.717) is 17.1 Å². The maximum atomic E-state index is 13.2. The number of methoxy groups -OCH3 is 1. The molecule has 4 N–H and O–H groups in total. The van der Waals surface area contributed by atoms with Gasteiger partial charge in [0.15, 0.2) is 5.78 Å². The Morgan fingerprint density at radius 1 is 1.12 bits per heavy atom. The predicted octanol–water partition coefficient (Wildman–Crippen LogP) is 2.95. The standard InChI is InChI=1S/C24H25NO7S2/c1-15(24(28)17-5-7-18(8-6-17)34(25,29)30)19-10-20(23-4-3-9-33-23)21(31-2)11-22(19)32-14-16(12-26)13-27/h3-11,16,26-27H,1,12-14H2,2H3,(H2,25,29,30). The van der Waals surface area contributed by atoms with Crippen molar-refractivity contribution in [3.8, 4) is 21.9 Å². The number of aliphatic hydroxyl groups is 2. The Balaban J connectivity index is 2.04. The molecule has 3 rings (SSSR count). The van der Waals surface area contributed by atoms with Crippen LogP contribution in [0.2, 0.25) is 0 Å². The van der Waals surface area contributed by atoms with Gasteiger partial charge in [-0.3, -0.25) is 4.79 Å². The maximum absolute atomic E-state index is 13.2. The SMILES string of the molecule is C=C(C(=O)c1ccc(S(N)(=O)=O)cc1)c1cc(-c2cccs2)c(OC)cc1OCC(CO)CO. The van der Waals surface area contributed by atoms with Gasteiger partial charge >= 0.3 is 0 Å². The molecule has 0 aliphatic heterocycles. The van der Waals surface area contributed by atoms with Crippen molar-refractivity contribution < 1.29 is 32.9 Å². The van der Waals surface area contributed by atoms with Crippen LogP contribution in [-0.4, -0.2) is 51.3 Å². The zero-order chi connectivity index (χ0) is 24.9. The molecule has 8 nitrogen and oxygen atoms in total. The van der Waals surface area contributed by atoms with Gasteiger partial charge in [0.2, 0.25) is 10.0 Å². The molecule has 0 aliphatic carbocycles. The first kappa shape index (κ1) is 25.6. The van der Waals surface area contributed by atoms with Crippen LogP contribution < -0.4 is 14.6 Å². The Morgan fingerprint density at radius 3 is 2.32 bits per heavy atom. The number of carbonyl (C=O) groups excluding carboxylic acids is 1. The highest BCUT2D eigenvalue weighted by molar-refractivity contribution is 7.89. The van der Waals surface area contributed by atoms with Crippen LogP contribution in [0.15, 0.2) is 65.4 Å². The predicted molar refractivity (Wildman–Crippen MR) is 131 cm³/mol. The van der Waals surface area contributed by atoms with Crippen LogP contribution in [0.5, 0.6) is 11.5 Å². The molecule has 0 saturated heterocycles. The van der Waals surface area contributed by atoms with Crippen LogP contribution in [-0.2, 0) is 10.0 Å². The number of hydrogen-bond acceptors (Lipinski definition) is 8. The Hall–Kier alpha value is -3.02. The number of aliphatic hydroxyl groups excluding tert-OH is 2. The van der Waals surface area contributed by atoms with E-state index in [1.165, 1.54) is 42.7 Å². The van der Waals surface area contributed by atoms with Crippen LogP contribution >= 0.6 is 11.3 Å². The molecule has 0 radical (unpaired) electrons. The minimum atomic E-state index is -3.89. The Morgan fingerprint density at radius 2 is 1.79 bits per heavy atom. The topological polar surface area (TPSA) is 136 Å². The molecular weight excluding hydrogens is 478 g/mol. The molecular formula is C24H25NO7S2. The summed E-state index contributed by atoms with van der Waals surface area (Å²) in [7, 11) is -2.37. The van der Waals surface area contributed by atoms with E-state index >= 15 is 0 Å². The maximum Gasteiger partial charge on any atom is 0.238 e. The van der Waals surface area contributed by atoms with E-state index in [4.69, 9.17) is 14.6 Å². The molecule has 0 bridgehead atoms. The number of rotatable bonds is 11. The molecule has 2 aromatic carbocycles. The Labute approximate surface area is 201 Å². The first-order valence-electron chi connectivity index (χ1n) is 10.2. The monoisotopic (exact) mass is 503 g/mol. The molecule has 0 aliphatic rings. The van der Waals surface area contributed by atoms with E-state index in [9.17, 15) is 23.4 Å². The summed E-state index contributed by atoms with van der Waals surface area (Å²) >= 11 is 1.50. The second kappa shape index (κ2) is 10.9. The number of Topliss-reactive ketones (excluding diaryl/α,β-unsaturated/α-hetero) is 1. The normalized spacial score (nSPS) is 11.4. The minimum absolute atomic E-state index is 0.00598.